The normalized spacial score (nSPS) is 45.0. The Labute approximate surface area is 123 Å². The average molecular weight is 292 g/mol. The molecule has 4 saturated carbocycles. The molecule has 0 saturated heterocycles. The molecule has 1 aromatic heterocycles. The van der Waals surface area contributed by atoms with E-state index in [1.54, 1.807) is 6.07 Å². The summed E-state index contributed by atoms with van der Waals surface area (Å²) in [7, 11) is 0. The molecule has 0 amide bonds. The van der Waals surface area contributed by atoms with E-state index in [0.29, 0.717) is 17.1 Å². The first kappa shape index (κ1) is 11.7. The van der Waals surface area contributed by atoms with E-state index < -0.39 is 0 Å². The Balaban J connectivity index is 1.46. The van der Waals surface area contributed by atoms with Crippen LogP contribution in [0, 0.1) is 23.7 Å². The van der Waals surface area contributed by atoms with Crippen LogP contribution < -0.4 is 0 Å². The van der Waals surface area contributed by atoms with Crippen molar-refractivity contribution in [3.05, 3.63) is 23.1 Å². The minimum absolute atomic E-state index is 0.0258. The van der Waals surface area contributed by atoms with E-state index in [9.17, 15) is 0 Å². The van der Waals surface area contributed by atoms with Gasteiger partial charge in [0.25, 0.3) is 0 Å². The number of rotatable bonds is 1. The summed E-state index contributed by atoms with van der Waals surface area (Å²) in [4.78, 5) is 6.08. The molecule has 4 heteroatoms. The van der Waals surface area contributed by atoms with E-state index in [1.165, 1.54) is 32.1 Å². The van der Waals surface area contributed by atoms with Crippen molar-refractivity contribution in [2.24, 2.45) is 28.8 Å². The number of oxime groups is 1. The molecular formula is C16H18ClNO2. The number of furan rings is 1. The van der Waals surface area contributed by atoms with Crippen molar-refractivity contribution in [1.29, 1.82) is 0 Å². The van der Waals surface area contributed by atoms with Gasteiger partial charge in [-0.15, -0.1) is 0 Å². The molecule has 0 N–H and O–H groups in total. The highest BCUT2D eigenvalue weighted by atomic mass is 35.5. The van der Waals surface area contributed by atoms with Crippen molar-refractivity contribution >= 4 is 17.3 Å². The smallest absolute Gasteiger partial charge is 0.194 e. The maximum absolute atomic E-state index is 6.08. The van der Waals surface area contributed by atoms with Gasteiger partial charge in [-0.1, -0.05) is 5.16 Å². The number of hydrogen-bond acceptors (Lipinski definition) is 3. The SMILES string of the molecule is Clc1ccc(C2=NOC3(C2)C2CC4CC(C2)CC3C4)o1. The monoisotopic (exact) mass is 291 g/mol. The lowest BCUT2D eigenvalue weighted by molar-refractivity contribution is -0.190. The van der Waals surface area contributed by atoms with Gasteiger partial charge in [0, 0.05) is 18.3 Å². The molecule has 20 heavy (non-hydrogen) atoms. The van der Waals surface area contributed by atoms with Crippen molar-refractivity contribution in [1.82, 2.24) is 0 Å². The van der Waals surface area contributed by atoms with Crippen LogP contribution in [0.15, 0.2) is 21.7 Å². The average Bonchev–Trinajstić information content (AvgIpc) is 3.02. The van der Waals surface area contributed by atoms with Crippen LogP contribution in [-0.2, 0) is 4.84 Å². The van der Waals surface area contributed by atoms with Gasteiger partial charge in [0.15, 0.2) is 11.0 Å². The minimum atomic E-state index is -0.0258. The molecule has 0 atom stereocenters. The van der Waals surface area contributed by atoms with E-state index in [-0.39, 0.29) is 5.60 Å². The lowest BCUT2D eigenvalue weighted by Gasteiger charge is -2.58. The zero-order valence-corrected chi connectivity index (χ0v) is 12.1. The maximum atomic E-state index is 6.08. The van der Waals surface area contributed by atoms with Crippen LogP contribution in [0.25, 0.3) is 0 Å². The summed E-state index contributed by atoms with van der Waals surface area (Å²) < 4.78 is 5.51. The predicted molar refractivity (Wildman–Crippen MR) is 75.7 cm³/mol. The van der Waals surface area contributed by atoms with Crippen molar-refractivity contribution < 1.29 is 9.25 Å². The van der Waals surface area contributed by atoms with Gasteiger partial charge in [0.1, 0.15) is 11.3 Å². The quantitative estimate of drug-likeness (QED) is 0.775. The third-order valence-electron chi connectivity index (χ3n) is 6.15. The number of halogens is 1. The summed E-state index contributed by atoms with van der Waals surface area (Å²) in [5.74, 6) is 4.08. The summed E-state index contributed by atoms with van der Waals surface area (Å²) in [5.41, 5.74) is 0.923. The minimum Gasteiger partial charge on any atom is -0.443 e. The molecule has 5 aliphatic rings. The van der Waals surface area contributed by atoms with E-state index in [2.05, 4.69) is 5.16 Å². The highest BCUT2D eigenvalue weighted by Gasteiger charge is 2.61. The molecule has 1 aliphatic heterocycles. The summed E-state index contributed by atoms with van der Waals surface area (Å²) in [6.07, 6.45) is 7.74. The zero-order chi connectivity index (χ0) is 13.3. The Bertz CT molecular complexity index is 563. The van der Waals surface area contributed by atoms with Crippen LogP contribution in [0.5, 0.6) is 0 Å². The van der Waals surface area contributed by atoms with E-state index in [0.717, 1.165) is 29.7 Å². The van der Waals surface area contributed by atoms with Gasteiger partial charge in [0.2, 0.25) is 0 Å². The first-order valence-corrected chi connectivity index (χ1v) is 8.11. The van der Waals surface area contributed by atoms with Crippen LogP contribution >= 0.6 is 11.6 Å². The Morgan fingerprint density at radius 2 is 1.75 bits per heavy atom. The van der Waals surface area contributed by atoms with Crippen molar-refractivity contribution in [2.45, 2.75) is 44.1 Å². The fourth-order valence-electron chi connectivity index (χ4n) is 5.49. The summed E-state index contributed by atoms with van der Waals surface area (Å²) in [6.45, 7) is 0. The van der Waals surface area contributed by atoms with E-state index >= 15 is 0 Å². The summed E-state index contributed by atoms with van der Waals surface area (Å²) >= 11 is 5.87. The number of nitrogens with zero attached hydrogens (tertiary/aromatic N) is 1. The second-order valence-corrected chi connectivity index (χ2v) is 7.54. The summed E-state index contributed by atoms with van der Waals surface area (Å²) in [6, 6.07) is 3.68. The molecule has 2 heterocycles. The van der Waals surface area contributed by atoms with Gasteiger partial charge in [-0.3, -0.25) is 0 Å². The second-order valence-electron chi connectivity index (χ2n) is 7.17. The topological polar surface area (TPSA) is 34.7 Å². The molecular weight excluding hydrogens is 274 g/mol. The highest BCUT2D eigenvalue weighted by molar-refractivity contribution is 6.29. The Kier molecular flexibility index (Phi) is 2.23. The van der Waals surface area contributed by atoms with Gasteiger partial charge >= 0.3 is 0 Å². The number of hydrogen-bond donors (Lipinski definition) is 0. The Morgan fingerprint density at radius 3 is 2.35 bits per heavy atom. The molecule has 0 aromatic carbocycles. The van der Waals surface area contributed by atoms with E-state index in [4.69, 9.17) is 20.9 Å². The molecule has 4 bridgehead atoms. The predicted octanol–water partition coefficient (Wildman–Crippen LogP) is 4.25. The molecule has 6 rings (SSSR count). The largest absolute Gasteiger partial charge is 0.443 e. The molecule has 0 unspecified atom stereocenters. The molecule has 106 valence electrons. The molecule has 1 spiro atoms. The lowest BCUT2D eigenvalue weighted by atomic mass is 9.49. The molecule has 4 fully saturated rings. The Hall–Kier alpha value is -0.960. The van der Waals surface area contributed by atoms with Gasteiger partial charge < -0.3 is 9.25 Å². The van der Waals surface area contributed by atoms with Crippen molar-refractivity contribution in [2.75, 3.05) is 0 Å². The van der Waals surface area contributed by atoms with Gasteiger partial charge in [-0.25, -0.2) is 0 Å². The van der Waals surface area contributed by atoms with Crippen molar-refractivity contribution in [3.63, 3.8) is 0 Å². The standard InChI is InChI=1S/C16H18ClNO2/c17-15-2-1-14(19-15)13-8-16(20-18-13)11-4-9-3-10(6-11)7-12(16)5-9/h1-2,9-12H,3-8H2. The fraction of sp³-hybridized carbons (Fsp3) is 0.688. The third-order valence-corrected chi connectivity index (χ3v) is 6.35. The maximum Gasteiger partial charge on any atom is 0.194 e. The third kappa shape index (κ3) is 1.45. The fourth-order valence-corrected chi connectivity index (χ4v) is 5.63. The summed E-state index contributed by atoms with van der Waals surface area (Å²) in [5, 5.41) is 4.81. The van der Waals surface area contributed by atoms with E-state index in [1.807, 2.05) is 6.07 Å². The van der Waals surface area contributed by atoms with Crippen LogP contribution in [0.4, 0.5) is 0 Å². The second kappa shape index (κ2) is 3.82. The molecule has 4 aliphatic carbocycles. The molecule has 1 aromatic rings. The molecule has 3 nitrogen and oxygen atoms in total. The lowest BCUT2D eigenvalue weighted by Crippen LogP contribution is -2.57. The van der Waals surface area contributed by atoms with Crippen molar-refractivity contribution in [3.8, 4) is 0 Å². The van der Waals surface area contributed by atoms with Gasteiger partial charge in [0.05, 0.1) is 0 Å². The van der Waals surface area contributed by atoms with Crippen LogP contribution in [0.1, 0.15) is 44.3 Å². The first-order valence-electron chi connectivity index (χ1n) is 7.74. The Morgan fingerprint density at radius 1 is 1.05 bits per heavy atom. The van der Waals surface area contributed by atoms with Crippen LogP contribution in [0.2, 0.25) is 5.22 Å². The first-order chi connectivity index (χ1) is 9.73. The van der Waals surface area contributed by atoms with Crippen LogP contribution in [0.3, 0.4) is 0 Å². The van der Waals surface area contributed by atoms with Gasteiger partial charge in [-0.05, 0) is 67.7 Å². The molecule has 0 radical (unpaired) electrons. The van der Waals surface area contributed by atoms with Crippen LogP contribution in [-0.4, -0.2) is 11.3 Å². The zero-order valence-electron chi connectivity index (χ0n) is 11.3. The highest BCUT2D eigenvalue weighted by Crippen LogP contribution is 2.62. The van der Waals surface area contributed by atoms with Gasteiger partial charge in [-0.2, -0.15) is 0 Å².